The van der Waals surface area contributed by atoms with Crippen LogP contribution in [0.25, 0.3) is 0 Å². The number of carbonyl (C=O) groups excluding carboxylic acids is 1. The van der Waals surface area contributed by atoms with Gasteiger partial charge in [0.1, 0.15) is 5.60 Å². The summed E-state index contributed by atoms with van der Waals surface area (Å²) in [6, 6.07) is 21.6. The van der Waals surface area contributed by atoms with E-state index < -0.39 is 13.9 Å². The van der Waals surface area contributed by atoms with Gasteiger partial charge >= 0.3 is 6.09 Å². The second-order valence-corrected chi connectivity index (χ2v) is 17.1. The summed E-state index contributed by atoms with van der Waals surface area (Å²) >= 11 is 0. The van der Waals surface area contributed by atoms with Crippen LogP contribution in [0, 0.1) is 0 Å². The van der Waals surface area contributed by atoms with Gasteiger partial charge in [0.25, 0.3) is 8.32 Å². The largest absolute Gasteiger partial charge is 0.444 e. The van der Waals surface area contributed by atoms with E-state index in [0.717, 1.165) is 25.2 Å². The Balaban J connectivity index is 1.46. The van der Waals surface area contributed by atoms with E-state index in [1.54, 1.807) is 19.4 Å². The second kappa shape index (κ2) is 12.7. The number of ether oxygens (including phenoxy) is 1. The molecular formula is C32H45N5O3Si. The molecule has 220 valence electrons. The summed E-state index contributed by atoms with van der Waals surface area (Å²) in [4.78, 5) is 25.4. The quantitative estimate of drug-likeness (QED) is 0.404. The average Bonchev–Trinajstić information content (AvgIpc) is 2.93. The molecule has 2 heterocycles. The topological polar surface area (TPSA) is 79.8 Å². The number of hydrogen-bond donors (Lipinski definition) is 1. The molecular weight excluding hydrogens is 530 g/mol. The van der Waals surface area contributed by atoms with Crippen molar-refractivity contribution in [3.8, 4) is 0 Å². The fraction of sp³-hybridized carbons (Fsp3) is 0.469. The molecule has 1 aliphatic rings. The van der Waals surface area contributed by atoms with Crippen LogP contribution >= 0.6 is 0 Å². The molecule has 3 aromatic rings. The Morgan fingerprint density at radius 2 is 1.54 bits per heavy atom. The molecule has 0 saturated carbocycles. The van der Waals surface area contributed by atoms with Crippen molar-refractivity contribution in [3.63, 3.8) is 0 Å². The summed E-state index contributed by atoms with van der Waals surface area (Å²) in [6.45, 7) is 15.8. The highest BCUT2D eigenvalue weighted by Gasteiger charge is 2.50. The minimum Gasteiger partial charge on any atom is -0.444 e. The number of hydrogen-bond acceptors (Lipinski definition) is 7. The van der Waals surface area contributed by atoms with E-state index in [9.17, 15) is 4.79 Å². The molecule has 1 amide bonds. The highest BCUT2D eigenvalue weighted by Crippen LogP contribution is 2.36. The summed E-state index contributed by atoms with van der Waals surface area (Å²) in [5, 5.41) is 6.14. The normalized spacial score (nSPS) is 16.4. The first kappa shape index (κ1) is 30.7. The molecule has 1 N–H and O–H groups in total. The van der Waals surface area contributed by atoms with E-state index in [0.29, 0.717) is 19.1 Å². The third kappa shape index (κ3) is 7.52. The van der Waals surface area contributed by atoms with Crippen molar-refractivity contribution in [2.45, 2.75) is 64.8 Å². The van der Waals surface area contributed by atoms with Crippen LogP contribution < -0.4 is 20.6 Å². The zero-order valence-corrected chi connectivity index (χ0v) is 26.6. The lowest BCUT2D eigenvalue weighted by Crippen LogP contribution is -2.68. The van der Waals surface area contributed by atoms with Crippen molar-refractivity contribution in [1.29, 1.82) is 0 Å². The van der Waals surface area contributed by atoms with Gasteiger partial charge in [0.15, 0.2) is 0 Å². The highest BCUT2D eigenvalue weighted by atomic mass is 28.4. The van der Waals surface area contributed by atoms with Crippen molar-refractivity contribution in [2.24, 2.45) is 0 Å². The van der Waals surface area contributed by atoms with Gasteiger partial charge in [-0.2, -0.15) is 0 Å². The van der Waals surface area contributed by atoms with Crippen LogP contribution in [-0.4, -0.2) is 74.2 Å². The molecule has 2 aromatic carbocycles. The number of anilines is 1. The lowest BCUT2D eigenvalue weighted by Gasteiger charge is -2.44. The summed E-state index contributed by atoms with van der Waals surface area (Å²) in [6.07, 6.45) is 3.21. The number of piperazine rings is 1. The second-order valence-electron chi connectivity index (χ2n) is 12.8. The maximum absolute atomic E-state index is 12.3. The van der Waals surface area contributed by atoms with Gasteiger partial charge in [-0.1, -0.05) is 81.4 Å². The summed E-state index contributed by atoms with van der Waals surface area (Å²) < 4.78 is 12.6. The smallest absolute Gasteiger partial charge is 0.410 e. The average molecular weight is 576 g/mol. The lowest BCUT2D eigenvalue weighted by molar-refractivity contribution is 0.0285. The van der Waals surface area contributed by atoms with Crippen molar-refractivity contribution < 1.29 is 14.0 Å². The van der Waals surface area contributed by atoms with Crippen LogP contribution in [-0.2, 0) is 15.7 Å². The van der Waals surface area contributed by atoms with Crippen molar-refractivity contribution >= 4 is 30.7 Å². The van der Waals surface area contributed by atoms with Gasteiger partial charge in [0.2, 0.25) is 5.95 Å². The van der Waals surface area contributed by atoms with Gasteiger partial charge in [0.05, 0.1) is 13.2 Å². The van der Waals surface area contributed by atoms with Crippen molar-refractivity contribution in [3.05, 3.63) is 78.6 Å². The van der Waals surface area contributed by atoms with E-state index in [1.165, 1.54) is 15.3 Å². The van der Waals surface area contributed by atoms with E-state index in [1.807, 2.05) is 20.8 Å². The van der Waals surface area contributed by atoms with Crippen LogP contribution in [0.3, 0.4) is 0 Å². The predicted molar refractivity (Wildman–Crippen MR) is 167 cm³/mol. The maximum Gasteiger partial charge on any atom is 0.410 e. The molecule has 1 saturated heterocycles. The Kier molecular flexibility index (Phi) is 9.51. The number of nitrogens with one attached hydrogen (secondary N) is 1. The first-order valence-electron chi connectivity index (χ1n) is 14.4. The number of aromatic nitrogens is 2. The molecule has 9 heteroatoms. The maximum atomic E-state index is 12.3. The third-order valence-electron chi connectivity index (χ3n) is 7.27. The monoisotopic (exact) mass is 575 g/mol. The van der Waals surface area contributed by atoms with Crippen molar-refractivity contribution in [1.82, 2.24) is 20.2 Å². The first-order valence-corrected chi connectivity index (χ1v) is 16.3. The SMILES string of the molecule is CN(Cc1cnc(N2CCN[C@@H](CO[Si](c3ccccc3)(c3ccccc3)C(C)(C)C)C2)nc1)C(=O)OC(C)(C)C. The van der Waals surface area contributed by atoms with Crippen LogP contribution in [0.15, 0.2) is 73.1 Å². The van der Waals surface area contributed by atoms with Gasteiger partial charge in [-0.25, -0.2) is 14.8 Å². The fourth-order valence-electron chi connectivity index (χ4n) is 5.38. The number of rotatable bonds is 8. The molecule has 8 nitrogen and oxygen atoms in total. The van der Waals surface area contributed by atoms with Crippen LogP contribution in [0.1, 0.15) is 47.1 Å². The van der Waals surface area contributed by atoms with E-state index >= 15 is 0 Å². The number of benzene rings is 2. The van der Waals surface area contributed by atoms with Gasteiger partial charge in [-0.15, -0.1) is 0 Å². The molecule has 41 heavy (non-hydrogen) atoms. The van der Waals surface area contributed by atoms with E-state index in [-0.39, 0.29) is 17.2 Å². The van der Waals surface area contributed by atoms with Crippen LogP contribution in [0.4, 0.5) is 10.7 Å². The summed E-state index contributed by atoms with van der Waals surface area (Å²) in [5.41, 5.74) is 0.315. The third-order valence-corrected chi connectivity index (χ3v) is 12.3. The number of amides is 1. The Morgan fingerprint density at radius 3 is 2.05 bits per heavy atom. The molecule has 1 atom stereocenters. The van der Waals surface area contributed by atoms with Crippen LogP contribution in [0.2, 0.25) is 5.04 Å². The zero-order valence-electron chi connectivity index (χ0n) is 25.6. The van der Waals surface area contributed by atoms with Gasteiger partial charge in [-0.05, 0) is 36.2 Å². The molecule has 0 radical (unpaired) electrons. The summed E-state index contributed by atoms with van der Waals surface area (Å²) in [7, 11) is -0.898. The van der Waals surface area contributed by atoms with Gasteiger partial charge in [0, 0.05) is 50.7 Å². The number of nitrogens with zero attached hydrogens (tertiary/aromatic N) is 4. The van der Waals surface area contributed by atoms with Crippen molar-refractivity contribution in [2.75, 3.05) is 38.2 Å². The minimum absolute atomic E-state index is 0.0739. The molecule has 1 aromatic heterocycles. The number of carbonyl (C=O) groups is 1. The van der Waals surface area contributed by atoms with E-state index in [4.69, 9.17) is 9.16 Å². The molecule has 4 rings (SSSR count). The van der Waals surface area contributed by atoms with E-state index in [2.05, 4.69) is 102 Å². The van der Waals surface area contributed by atoms with Gasteiger partial charge < -0.3 is 24.3 Å². The molecule has 0 aliphatic carbocycles. The molecule has 0 spiro atoms. The summed E-state index contributed by atoms with van der Waals surface area (Å²) in [5.74, 6) is 0.686. The zero-order chi connectivity index (χ0) is 29.7. The molecule has 0 bridgehead atoms. The standard InChI is InChI=1S/C32H45N5O3Si/c1-31(2,3)40-30(38)36(7)22-25-20-34-29(35-21-25)37-19-18-33-26(23-37)24-39-41(32(4,5)6,27-14-10-8-11-15-27)28-16-12-9-13-17-28/h8-17,20-21,26,33H,18-19,22-24H2,1-7H3/t26-/m1/s1. The first-order chi connectivity index (χ1) is 19.4. The Bertz CT molecular complexity index is 1220. The Morgan fingerprint density at radius 1 is 0.976 bits per heavy atom. The lowest BCUT2D eigenvalue weighted by atomic mass is 10.2. The predicted octanol–water partition coefficient (Wildman–Crippen LogP) is 4.20. The van der Waals surface area contributed by atoms with Gasteiger partial charge in [-0.3, -0.25) is 0 Å². The molecule has 0 unspecified atom stereocenters. The Labute approximate surface area is 246 Å². The fourth-order valence-corrected chi connectivity index (χ4v) is 9.98. The molecule has 1 aliphatic heterocycles. The molecule has 1 fully saturated rings. The minimum atomic E-state index is -2.61. The highest BCUT2D eigenvalue weighted by molar-refractivity contribution is 6.99. The van der Waals surface area contributed by atoms with Crippen LogP contribution in [0.5, 0.6) is 0 Å². The Hall–Kier alpha value is -3.27.